The lowest BCUT2D eigenvalue weighted by Gasteiger charge is -2.23. The fraction of sp³-hybridized carbons (Fsp3) is 0.412. The van der Waals surface area contributed by atoms with Crippen molar-refractivity contribution in [2.24, 2.45) is 10.1 Å². The van der Waals surface area contributed by atoms with Crippen molar-refractivity contribution in [2.75, 3.05) is 4.31 Å². The maximum Gasteiger partial charge on any atom is 0.169 e. The second kappa shape index (κ2) is 6.69. The topological polar surface area (TPSA) is 70.3 Å². The minimum Gasteiger partial charge on any atom is -0.381 e. The van der Waals surface area contributed by atoms with Crippen LogP contribution in [0.3, 0.4) is 0 Å². The van der Waals surface area contributed by atoms with Gasteiger partial charge in [-0.05, 0) is 30.5 Å². The molecule has 4 rings (SSSR count). The van der Waals surface area contributed by atoms with E-state index in [0.717, 1.165) is 27.9 Å². The van der Waals surface area contributed by atoms with Crippen LogP contribution in [0, 0.1) is 0 Å². The van der Waals surface area contributed by atoms with Gasteiger partial charge in [0.15, 0.2) is 11.7 Å². The Hall–Kier alpha value is -1.66. The SMILES string of the molecule is NC1=NSN(Cc2ccc(Cl)cc2)c2nc(C3CCCCC3)[nH]c21. The van der Waals surface area contributed by atoms with Crippen molar-refractivity contribution in [2.45, 2.75) is 44.6 Å². The summed E-state index contributed by atoms with van der Waals surface area (Å²) < 4.78 is 6.45. The number of aromatic nitrogens is 2. The summed E-state index contributed by atoms with van der Waals surface area (Å²) in [5.41, 5.74) is 8.09. The number of hydrogen-bond acceptors (Lipinski definition) is 5. The second-order valence-corrected chi connectivity index (χ2v) is 7.60. The number of aromatic amines is 1. The van der Waals surface area contributed by atoms with E-state index >= 15 is 0 Å². The third-order valence-corrected chi connectivity index (χ3v) is 5.69. The van der Waals surface area contributed by atoms with Gasteiger partial charge >= 0.3 is 0 Å². The highest BCUT2D eigenvalue weighted by molar-refractivity contribution is 7.99. The Bertz CT molecular complexity index is 749. The lowest BCUT2D eigenvalue weighted by atomic mass is 9.89. The van der Waals surface area contributed by atoms with Crippen LogP contribution in [-0.4, -0.2) is 15.8 Å². The summed E-state index contributed by atoms with van der Waals surface area (Å²) in [6.45, 7) is 0.709. The molecular weight excluding hydrogens is 342 g/mol. The van der Waals surface area contributed by atoms with Gasteiger partial charge in [-0.25, -0.2) is 4.98 Å². The lowest BCUT2D eigenvalue weighted by molar-refractivity contribution is 0.431. The first kappa shape index (κ1) is 15.8. The molecule has 1 aliphatic carbocycles. The van der Waals surface area contributed by atoms with E-state index < -0.39 is 0 Å². The first-order valence-electron chi connectivity index (χ1n) is 8.33. The van der Waals surface area contributed by atoms with E-state index in [1.807, 2.05) is 24.3 Å². The van der Waals surface area contributed by atoms with Crippen LogP contribution in [0.4, 0.5) is 5.82 Å². The summed E-state index contributed by atoms with van der Waals surface area (Å²) in [4.78, 5) is 8.32. The zero-order valence-corrected chi connectivity index (χ0v) is 14.9. The Kier molecular flexibility index (Phi) is 4.41. The van der Waals surface area contributed by atoms with Gasteiger partial charge in [0.1, 0.15) is 11.5 Å². The van der Waals surface area contributed by atoms with Crippen LogP contribution in [0.2, 0.25) is 5.02 Å². The number of rotatable bonds is 3. The van der Waals surface area contributed by atoms with Crippen molar-refractivity contribution in [1.29, 1.82) is 0 Å². The van der Waals surface area contributed by atoms with Gasteiger partial charge in [0, 0.05) is 10.9 Å². The van der Waals surface area contributed by atoms with Crippen molar-refractivity contribution < 1.29 is 0 Å². The van der Waals surface area contributed by atoms with Crippen LogP contribution in [0.25, 0.3) is 0 Å². The molecule has 2 heterocycles. The molecule has 7 heteroatoms. The Balaban J connectivity index is 1.60. The van der Waals surface area contributed by atoms with Crippen molar-refractivity contribution in [3.63, 3.8) is 0 Å². The summed E-state index contributed by atoms with van der Waals surface area (Å²) >= 11 is 7.32. The zero-order chi connectivity index (χ0) is 16.5. The summed E-state index contributed by atoms with van der Waals surface area (Å²) in [7, 11) is 0. The molecule has 1 aromatic carbocycles. The van der Waals surface area contributed by atoms with Crippen LogP contribution >= 0.6 is 23.7 Å². The fourth-order valence-corrected chi connectivity index (χ4v) is 4.17. The second-order valence-electron chi connectivity index (χ2n) is 6.38. The van der Waals surface area contributed by atoms with Crippen molar-refractivity contribution in [3.05, 3.63) is 46.4 Å². The predicted octanol–water partition coefficient (Wildman–Crippen LogP) is 4.40. The number of imidazole rings is 1. The molecular formula is C17H20ClN5S. The summed E-state index contributed by atoms with van der Waals surface area (Å²) in [5.74, 6) is 2.99. The third kappa shape index (κ3) is 3.13. The average molecular weight is 362 g/mol. The predicted molar refractivity (Wildman–Crippen MR) is 100 cm³/mol. The maximum absolute atomic E-state index is 6.08. The number of halogens is 1. The van der Waals surface area contributed by atoms with Crippen LogP contribution in [0.5, 0.6) is 0 Å². The number of amidine groups is 1. The number of nitrogens with zero attached hydrogens (tertiary/aromatic N) is 3. The van der Waals surface area contributed by atoms with Gasteiger partial charge in [0.25, 0.3) is 0 Å². The van der Waals surface area contributed by atoms with E-state index in [0.29, 0.717) is 18.3 Å². The Morgan fingerprint density at radius 1 is 1.21 bits per heavy atom. The average Bonchev–Trinajstić information content (AvgIpc) is 3.07. The number of hydrogen-bond donors (Lipinski definition) is 2. The van der Waals surface area contributed by atoms with Crippen molar-refractivity contribution in [3.8, 4) is 0 Å². The molecule has 1 aliphatic heterocycles. The van der Waals surface area contributed by atoms with E-state index in [9.17, 15) is 0 Å². The first-order valence-corrected chi connectivity index (χ1v) is 9.44. The van der Waals surface area contributed by atoms with E-state index in [4.69, 9.17) is 22.3 Å². The summed E-state index contributed by atoms with van der Waals surface area (Å²) in [5, 5.41) is 0.743. The molecule has 2 aliphatic rings. The smallest absolute Gasteiger partial charge is 0.169 e. The molecule has 2 aromatic rings. The normalized spacial score (nSPS) is 18.4. The first-order chi connectivity index (χ1) is 11.7. The molecule has 3 N–H and O–H groups in total. The molecule has 1 saturated carbocycles. The van der Waals surface area contributed by atoms with Crippen LogP contribution in [-0.2, 0) is 6.54 Å². The number of nitrogens with one attached hydrogen (secondary N) is 1. The van der Waals surface area contributed by atoms with Gasteiger partial charge in [0.2, 0.25) is 0 Å². The largest absolute Gasteiger partial charge is 0.381 e. The van der Waals surface area contributed by atoms with E-state index in [-0.39, 0.29) is 0 Å². The van der Waals surface area contributed by atoms with Gasteiger partial charge in [-0.15, -0.1) is 0 Å². The monoisotopic (exact) mass is 361 g/mol. The van der Waals surface area contributed by atoms with E-state index in [1.54, 1.807) is 0 Å². The highest BCUT2D eigenvalue weighted by Gasteiger charge is 2.28. The minimum absolute atomic E-state index is 0.513. The highest BCUT2D eigenvalue weighted by Crippen LogP contribution is 2.37. The minimum atomic E-state index is 0.513. The van der Waals surface area contributed by atoms with Gasteiger partial charge in [-0.2, -0.15) is 4.40 Å². The molecule has 0 unspecified atom stereocenters. The van der Waals surface area contributed by atoms with Gasteiger partial charge < -0.3 is 10.7 Å². The molecule has 0 bridgehead atoms. The highest BCUT2D eigenvalue weighted by atomic mass is 35.5. The van der Waals surface area contributed by atoms with Crippen LogP contribution in [0.15, 0.2) is 28.7 Å². The molecule has 0 atom stereocenters. The van der Waals surface area contributed by atoms with Crippen LogP contribution in [0.1, 0.15) is 55.1 Å². The number of nitrogens with two attached hydrogens (primary N) is 1. The summed E-state index contributed by atoms with van der Waals surface area (Å²) in [6, 6.07) is 7.86. The number of H-pyrrole nitrogens is 1. The maximum atomic E-state index is 6.08. The lowest BCUT2D eigenvalue weighted by Crippen LogP contribution is -2.25. The number of fused-ring (bicyclic) bond motifs is 1. The van der Waals surface area contributed by atoms with Gasteiger partial charge in [0.05, 0.1) is 18.7 Å². The van der Waals surface area contributed by atoms with E-state index in [1.165, 1.54) is 44.2 Å². The molecule has 24 heavy (non-hydrogen) atoms. The number of anilines is 1. The van der Waals surface area contributed by atoms with Crippen molar-refractivity contribution in [1.82, 2.24) is 9.97 Å². The third-order valence-electron chi connectivity index (χ3n) is 4.66. The molecule has 1 aromatic heterocycles. The molecule has 1 fully saturated rings. The van der Waals surface area contributed by atoms with Gasteiger partial charge in [-0.3, -0.25) is 4.31 Å². The zero-order valence-electron chi connectivity index (χ0n) is 13.3. The van der Waals surface area contributed by atoms with Gasteiger partial charge in [-0.1, -0.05) is 43.0 Å². The Morgan fingerprint density at radius 3 is 2.71 bits per heavy atom. The molecule has 0 spiro atoms. The van der Waals surface area contributed by atoms with Crippen LogP contribution < -0.4 is 10.0 Å². The quantitative estimate of drug-likeness (QED) is 0.795. The fourth-order valence-electron chi connectivity index (χ4n) is 3.35. The molecule has 0 saturated heterocycles. The molecule has 0 radical (unpaired) electrons. The van der Waals surface area contributed by atoms with Crippen molar-refractivity contribution >= 4 is 35.4 Å². The standard InChI is InChI=1S/C17H20ClN5S/c18-13-8-6-11(7-9-13)10-23-17-14(15(19)22-24-23)20-16(21-17)12-4-2-1-3-5-12/h6-9,12H,1-5,10H2,(H2,19,22)(H,20,21). The molecule has 0 amide bonds. The summed E-state index contributed by atoms with van der Waals surface area (Å²) in [6.07, 6.45) is 6.30. The Morgan fingerprint density at radius 2 is 1.96 bits per heavy atom. The molecule has 5 nitrogen and oxygen atoms in total. The number of benzene rings is 1. The molecule has 126 valence electrons. The van der Waals surface area contributed by atoms with E-state index in [2.05, 4.69) is 13.7 Å². The Labute approximate surface area is 151 Å².